The van der Waals surface area contributed by atoms with E-state index in [9.17, 15) is 9.59 Å². The molecule has 0 aliphatic heterocycles. The van der Waals surface area contributed by atoms with Crippen LogP contribution in [0.4, 0.5) is 0 Å². The number of rotatable bonds is 30. The summed E-state index contributed by atoms with van der Waals surface area (Å²) in [5, 5.41) is 2.05. The normalized spacial score (nSPS) is 12.4. The van der Waals surface area contributed by atoms with Gasteiger partial charge in [0.15, 0.2) is 0 Å². The van der Waals surface area contributed by atoms with Crippen LogP contribution in [-0.4, -0.2) is 25.2 Å². The van der Waals surface area contributed by atoms with Crippen molar-refractivity contribution in [1.29, 1.82) is 0 Å². The van der Waals surface area contributed by atoms with Gasteiger partial charge in [-0.05, 0) is 153 Å². The summed E-state index contributed by atoms with van der Waals surface area (Å²) < 4.78 is 16.8. The lowest BCUT2D eigenvalue weighted by molar-refractivity contribution is -0.138. The van der Waals surface area contributed by atoms with Crippen LogP contribution >= 0.6 is 0 Å². The molecular formula is C76H84O5. The van der Waals surface area contributed by atoms with Crippen LogP contribution in [-0.2, 0) is 19.7 Å². The molecule has 0 heterocycles. The number of unbranched alkanes of at least 4 members (excludes halogenated alkanes) is 14. The molecule has 8 aromatic rings. The maximum absolute atomic E-state index is 12.3. The van der Waals surface area contributed by atoms with Crippen LogP contribution in [0.3, 0.4) is 0 Å². The summed E-state index contributed by atoms with van der Waals surface area (Å²) in [4.78, 5) is 24.5. The first-order valence-electron chi connectivity index (χ1n) is 30.6. The quantitative estimate of drug-likeness (QED) is 0.0194. The zero-order valence-corrected chi connectivity index (χ0v) is 48.7. The average Bonchev–Trinajstić information content (AvgIpc) is 4.01. The Kier molecular flexibility index (Phi) is 21.0. The van der Waals surface area contributed by atoms with E-state index >= 15 is 0 Å². The molecule has 0 aromatic heterocycles. The fourth-order valence-electron chi connectivity index (χ4n) is 12.0. The largest absolute Gasteiger partial charge is 0.494 e. The van der Waals surface area contributed by atoms with Crippen molar-refractivity contribution in [2.75, 3.05) is 13.2 Å². The standard InChI is InChI=1S/C76H84O5/c1-5-7-9-11-14-18-48-76(49-19-15-12-10-8-6-2)72-54-66(62-32-28-59(29-33-62)58-25-22-56(3)23-26-58)39-44-70(72)71-45-40-67(55-73(71)76)63-34-30-60(31-35-63)61-36-41-68(42-37-61)79-50-20-16-13-17-21-51-80-74(77)46-47-75(78)81-69-43-38-64-52-57(4)24-27-65(64)53-69/h22-47,52-55H,5-21,48-51H2,1-4H3/b47-46+. The van der Waals surface area contributed by atoms with E-state index in [1.54, 1.807) is 6.07 Å². The zero-order chi connectivity index (χ0) is 56.2. The second-order valence-electron chi connectivity index (χ2n) is 22.7. The Hall–Kier alpha value is -7.50. The summed E-state index contributed by atoms with van der Waals surface area (Å²) in [6, 6.07) is 62.1. The first-order chi connectivity index (χ1) is 39.7. The van der Waals surface area contributed by atoms with Gasteiger partial charge in [0.05, 0.1) is 13.2 Å². The lowest BCUT2D eigenvalue weighted by Crippen LogP contribution is -2.25. The Labute approximate surface area is 483 Å². The van der Waals surface area contributed by atoms with Crippen molar-refractivity contribution in [3.8, 4) is 67.1 Å². The lowest BCUT2D eigenvalue weighted by atomic mass is 9.70. The maximum atomic E-state index is 12.3. The molecule has 1 aliphatic rings. The van der Waals surface area contributed by atoms with Gasteiger partial charge in [-0.2, -0.15) is 0 Å². The van der Waals surface area contributed by atoms with Crippen LogP contribution in [0.2, 0.25) is 0 Å². The minimum absolute atomic E-state index is 0.0314. The van der Waals surface area contributed by atoms with E-state index in [4.69, 9.17) is 14.2 Å². The van der Waals surface area contributed by atoms with E-state index in [2.05, 4.69) is 160 Å². The van der Waals surface area contributed by atoms with Gasteiger partial charge in [-0.3, -0.25) is 0 Å². The van der Waals surface area contributed by atoms with E-state index in [0.717, 1.165) is 60.8 Å². The molecule has 0 spiro atoms. The van der Waals surface area contributed by atoms with Gasteiger partial charge in [0.1, 0.15) is 11.5 Å². The van der Waals surface area contributed by atoms with Crippen molar-refractivity contribution in [2.45, 2.75) is 155 Å². The van der Waals surface area contributed by atoms with Crippen LogP contribution in [0.5, 0.6) is 11.5 Å². The monoisotopic (exact) mass is 1080 g/mol. The molecule has 0 unspecified atom stereocenters. The third kappa shape index (κ3) is 15.7. The van der Waals surface area contributed by atoms with Gasteiger partial charge < -0.3 is 14.2 Å². The number of ether oxygens (including phenoxy) is 3. The molecule has 0 radical (unpaired) electrons. The number of esters is 2. The van der Waals surface area contributed by atoms with Gasteiger partial charge in [0, 0.05) is 17.6 Å². The molecule has 0 atom stereocenters. The molecule has 0 amide bonds. The van der Waals surface area contributed by atoms with Crippen molar-refractivity contribution in [1.82, 2.24) is 0 Å². The third-order valence-corrected chi connectivity index (χ3v) is 16.6. The smallest absolute Gasteiger partial charge is 0.336 e. The zero-order valence-electron chi connectivity index (χ0n) is 48.7. The first-order valence-corrected chi connectivity index (χ1v) is 30.6. The Bertz CT molecular complexity index is 3310. The highest BCUT2D eigenvalue weighted by atomic mass is 16.5. The van der Waals surface area contributed by atoms with Crippen LogP contribution in [0.15, 0.2) is 182 Å². The fraction of sp³-hybridized carbons (Fsp3) is 0.342. The molecule has 81 heavy (non-hydrogen) atoms. The molecular weight excluding hydrogens is 993 g/mol. The van der Waals surface area contributed by atoms with E-state index in [-0.39, 0.29) is 5.41 Å². The second kappa shape index (κ2) is 29.3. The molecule has 5 nitrogen and oxygen atoms in total. The summed E-state index contributed by atoms with van der Waals surface area (Å²) in [7, 11) is 0. The minimum atomic E-state index is -0.620. The van der Waals surface area contributed by atoms with Gasteiger partial charge in [0.25, 0.3) is 0 Å². The Balaban J connectivity index is 0.789. The van der Waals surface area contributed by atoms with Crippen molar-refractivity contribution < 1.29 is 23.8 Å². The van der Waals surface area contributed by atoms with Crippen LogP contribution in [0.1, 0.15) is 158 Å². The van der Waals surface area contributed by atoms with Gasteiger partial charge >= 0.3 is 11.9 Å². The molecule has 9 rings (SSSR count). The number of hydrogen-bond donors (Lipinski definition) is 0. The number of carbonyl (C=O) groups is 2. The van der Waals surface area contributed by atoms with Crippen LogP contribution < -0.4 is 9.47 Å². The van der Waals surface area contributed by atoms with Gasteiger partial charge in [-0.1, -0.05) is 255 Å². The number of hydrogen-bond acceptors (Lipinski definition) is 5. The van der Waals surface area contributed by atoms with E-state index in [0.29, 0.717) is 19.0 Å². The third-order valence-electron chi connectivity index (χ3n) is 16.6. The number of carbonyl (C=O) groups excluding carboxylic acids is 2. The van der Waals surface area contributed by atoms with Gasteiger partial charge in [-0.25, -0.2) is 9.59 Å². The summed E-state index contributed by atoms with van der Waals surface area (Å²) in [5.41, 5.74) is 18.3. The van der Waals surface area contributed by atoms with Crippen molar-refractivity contribution in [2.24, 2.45) is 0 Å². The average molecular weight is 1080 g/mol. The highest BCUT2D eigenvalue weighted by Crippen LogP contribution is 2.56. The van der Waals surface area contributed by atoms with Crippen LogP contribution in [0, 0.1) is 13.8 Å². The molecule has 0 N–H and O–H groups in total. The Morgan fingerprint density at radius 1 is 0.370 bits per heavy atom. The van der Waals surface area contributed by atoms with E-state index in [1.807, 2.05) is 31.2 Å². The van der Waals surface area contributed by atoms with E-state index in [1.165, 1.54) is 168 Å². The van der Waals surface area contributed by atoms with E-state index < -0.39 is 11.9 Å². The lowest BCUT2D eigenvalue weighted by Gasteiger charge is -2.33. The van der Waals surface area contributed by atoms with Crippen molar-refractivity contribution in [3.63, 3.8) is 0 Å². The molecule has 8 aromatic carbocycles. The van der Waals surface area contributed by atoms with Gasteiger partial charge in [0.2, 0.25) is 0 Å². The number of benzene rings is 8. The summed E-state index contributed by atoms with van der Waals surface area (Å²) >= 11 is 0. The summed E-state index contributed by atoms with van der Waals surface area (Å²) in [5.74, 6) is 0.132. The first kappa shape index (κ1) is 58.2. The molecule has 0 fully saturated rings. The maximum Gasteiger partial charge on any atom is 0.336 e. The topological polar surface area (TPSA) is 61.8 Å². The van der Waals surface area contributed by atoms with Gasteiger partial charge in [-0.15, -0.1) is 0 Å². The summed E-state index contributed by atoms with van der Waals surface area (Å²) in [6.45, 7) is 9.78. The molecule has 0 saturated heterocycles. The Morgan fingerprint density at radius 3 is 1.31 bits per heavy atom. The van der Waals surface area contributed by atoms with Crippen LogP contribution in [0.25, 0.3) is 66.4 Å². The molecule has 0 bridgehead atoms. The molecule has 418 valence electrons. The predicted molar refractivity (Wildman–Crippen MR) is 338 cm³/mol. The van der Waals surface area contributed by atoms with Crippen molar-refractivity contribution in [3.05, 3.63) is 204 Å². The fourth-order valence-corrected chi connectivity index (χ4v) is 12.0. The molecule has 5 heteroatoms. The number of aryl methyl sites for hydroxylation is 2. The highest BCUT2D eigenvalue weighted by Gasteiger charge is 2.42. The molecule has 1 aliphatic carbocycles. The number of fused-ring (bicyclic) bond motifs is 4. The van der Waals surface area contributed by atoms with Crippen molar-refractivity contribution >= 4 is 22.7 Å². The summed E-state index contributed by atoms with van der Waals surface area (Å²) in [6.07, 6.45) is 24.9. The SMILES string of the molecule is CCCCCCCCC1(CCCCCCCC)c2cc(-c3ccc(-c4ccc(C)cc4)cc3)ccc2-c2ccc(-c3ccc(-c4ccc(OCCCCCCCOC(=O)/C=C/C(=O)Oc5ccc6cc(C)ccc6c5)cc4)cc3)cc21. The Morgan fingerprint density at radius 2 is 0.765 bits per heavy atom. The molecule has 0 saturated carbocycles. The highest BCUT2D eigenvalue weighted by molar-refractivity contribution is 5.93. The predicted octanol–water partition coefficient (Wildman–Crippen LogP) is 20.9. The minimum Gasteiger partial charge on any atom is -0.494 e. The second-order valence-corrected chi connectivity index (χ2v) is 22.7.